The molecule has 0 radical (unpaired) electrons. The van der Waals surface area contributed by atoms with Crippen LogP contribution < -0.4 is 20.9 Å². The van der Waals surface area contributed by atoms with Crippen LogP contribution in [-0.4, -0.2) is 82.9 Å². The maximum Gasteiger partial charge on any atom is 0.237 e. The lowest BCUT2D eigenvalue weighted by molar-refractivity contribution is 0.300. The van der Waals surface area contributed by atoms with Crippen molar-refractivity contribution < 1.29 is 4.52 Å². The van der Waals surface area contributed by atoms with E-state index < -0.39 is 5.41 Å². The fourth-order valence-corrected chi connectivity index (χ4v) is 8.68. The minimum Gasteiger partial charge on any atom is -0.389 e. The number of aromatic nitrogens is 4. The summed E-state index contributed by atoms with van der Waals surface area (Å²) in [5, 5.41) is 18.6. The standard InChI is InChI=1S/C29H38N10OS/c1-17-16-37(3)11-5-12-38(17)28-33-20(14-23(34-28)39-13-8-19-21(39)7-10-32-19)26-35-27(40-36-26)29(2)9-4-6-22-24(29)18(15-30)25(31)41-22/h14,17,19,21,32H,4-13,16,31H2,1-3H3/t17-,19?,21?,29-/m0/s1. The first-order valence-corrected chi connectivity index (χ1v) is 15.7. The van der Waals surface area contributed by atoms with E-state index in [2.05, 4.69) is 52.1 Å². The molecule has 6 heterocycles. The minimum atomic E-state index is -0.571. The highest BCUT2D eigenvalue weighted by Gasteiger charge is 2.43. The predicted octanol–water partition coefficient (Wildman–Crippen LogP) is 3.16. The van der Waals surface area contributed by atoms with Crippen LogP contribution in [0.25, 0.3) is 11.5 Å². The van der Waals surface area contributed by atoms with Crippen molar-refractivity contribution in [2.24, 2.45) is 0 Å². The number of nitrogens with two attached hydrogens (primary N) is 1. The number of nitrogens with one attached hydrogen (secondary N) is 1. The smallest absolute Gasteiger partial charge is 0.237 e. The van der Waals surface area contributed by atoms with Crippen LogP contribution in [0, 0.1) is 11.3 Å². The summed E-state index contributed by atoms with van der Waals surface area (Å²) in [5.41, 5.74) is 7.85. The second kappa shape index (κ2) is 10.2. The monoisotopic (exact) mass is 574 g/mol. The summed E-state index contributed by atoms with van der Waals surface area (Å²) in [4.78, 5) is 23.5. The molecule has 0 bridgehead atoms. The molecule has 0 amide bonds. The average Bonchev–Trinajstić information content (AvgIpc) is 3.73. The molecule has 12 heteroatoms. The molecule has 7 rings (SSSR count). The van der Waals surface area contributed by atoms with Crippen LogP contribution in [0.15, 0.2) is 10.6 Å². The van der Waals surface area contributed by atoms with Crippen LogP contribution >= 0.6 is 11.3 Å². The number of thiophene rings is 1. The van der Waals surface area contributed by atoms with E-state index in [0.717, 1.165) is 93.5 Å². The van der Waals surface area contributed by atoms with E-state index in [-0.39, 0.29) is 6.04 Å². The summed E-state index contributed by atoms with van der Waals surface area (Å²) in [6.07, 6.45) is 5.98. The predicted molar refractivity (Wildman–Crippen MR) is 159 cm³/mol. The molecule has 11 nitrogen and oxygen atoms in total. The van der Waals surface area contributed by atoms with Gasteiger partial charge in [0.15, 0.2) is 0 Å². The summed E-state index contributed by atoms with van der Waals surface area (Å²) in [5.74, 6) is 2.63. The first-order chi connectivity index (χ1) is 19.9. The Morgan fingerprint density at radius 3 is 2.90 bits per heavy atom. The highest BCUT2D eigenvalue weighted by Crippen LogP contribution is 2.48. The normalized spacial score (nSPS) is 28.4. The Kier molecular flexibility index (Phi) is 6.64. The zero-order chi connectivity index (χ0) is 28.3. The van der Waals surface area contributed by atoms with E-state index in [0.29, 0.717) is 40.1 Å². The van der Waals surface area contributed by atoms with Gasteiger partial charge in [0.05, 0.1) is 11.0 Å². The number of rotatable bonds is 4. The highest BCUT2D eigenvalue weighted by atomic mass is 32.1. The lowest BCUT2D eigenvalue weighted by atomic mass is 9.72. The third-order valence-corrected chi connectivity index (χ3v) is 10.6. The number of anilines is 3. The molecular weight excluding hydrogens is 536 g/mol. The summed E-state index contributed by atoms with van der Waals surface area (Å²) in [6, 6.07) is 5.59. The van der Waals surface area contributed by atoms with E-state index in [9.17, 15) is 5.26 Å². The van der Waals surface area contributed by atoms with Crippen molar-refractivity contribution in [3.05, 3.63) is 28.0 Å². The fraction of sp³-hybridized carbons (Fsp3) is 0.621. The quantitative estimate of drug-likeness (QED) is 0.475. The molecule has 3 aromatic heterocycles. The molecule has 1 aliphatic carbocycles. The van der Waals surface area contributed by atoms with Gasteiger partial charge in [-0.2, -0.15) is 15.2 Å². The van der Waals surface area contributed by atoms with Crippen LogP contribution in [-0.2, 0) is 11.8 Å². The molecule has 0 aromatic carbocycles. The van der Waals surface area contributed by atoms with Crippen LogP contribution in [0.5, 0.6) is 0 Å². The number of hydrogen-bond donors (Lipinski definition) is 2. The van der Waals surface area contributed by atoms with Gasteiger partial charge in [-0.05, 0) is 72.5 Å². The molecule has 216 valence electrons. The van der Waals surface area contributed by atoms with Crippen molar-refractivity contribution in [2.75, 3.05) is 55.3 Å². The number of likely N-dealkylation sites (N-methyl/N-ethyl adjacent to an activating group) is 1. The first-order valence-electron chi connectivity index (χ1n) is 14.9. The Bertz CT molecular complexity index is 1490. The second-order valence-electron chi connectivity index (χ2n) is 12.3. The fourth-order valence-electron chi connectivity index (χ4n) is 7.49. The molecule has 2 unspecified atom stereocenters. The summed E-state index contributed by atoms with van der Waals surface area (Å²) in [6.45, 7) is 9.26. The lowest BCUT2D eigenvalue weighted by Gasteiger charge is -2.31. The first kappa shape index (κ1) is 26.6. The van der Waals surface area contributed by atoms with Gasteiger partial charge in [-0.3, -0.25) is 0 Å². The van der Waals surface area contributed by atoms with Crippen LogP contribution in [0.3, 0.4) is 0 Å². The van der Waals surface area contributed by atoms with Crippen LogP contribution in [0.4, 0.5) is 16.8 Å². The van der Waals surface area contributed by atoms with Crippen molar-refractivity contribution in [3.8, 4) is 17.6 Å². The van der Waals surface area contributed by atoms with Crippen LogP contribution in [0.2, 0.25) is 0 Å². The number of nitrogens with zero attached hydrogens (tertiary/aromatic N) is 8. The number of hydrogen-bond acceptors (Lipinski definition) is 12. The van der Waals surface area contributed by atoms with Crippen molar-refractivity contribution in [2.45, 2.75) is 75.9 Å². The topological polar surface area (TPSA) is 136 Å². The van der Waals surface area contributed by atoms with Crippen molar-refractivity contribution in [1.82, 2.24) is 30.3 Å². The molecule has 4 atom stereocenters. The Labute approximate surface area is 244 Å². The molecule has 41 heavy (non-hydrogen) atoms. The number of nitrogen functional groups attached to an aromatic ring is 1. The van der Waals surface area contributed by atoms with Gasteiger partial charge in [0, 0.05) is 54.3 Å². The van der Waals surface area contributed by atoms with Crippen LogP contribution in [0.1, 0.15) is 67.8 Å². The average molecular weight is 575 g/mol. The van der Waals surface area contributed by atoms with E-state index in [4.69, 9.17) is 25.2 Å². The molecule has 4 aliphatic rings. The molecule has 3 fully saturated rings. The maximum atomic E-state index is 9.91. The molecule has 3 aliphatic heterocycles. The zero-order valence-corrected chi connectivity index (χ0v) is 24.9. The van der Waals surface area contributed by atoms with Gasteiger partial charge in [-0.15, -0.1) is 11.3 Å². The van der Waals surface area contributed by atoms with Gasteiger partial charge in [-0.25, -0.2) is 4.98 Å². The summed E-state index contributed by atoms with van der Waals surface area (Å²) < 4.78 is 5.99. The zero-order valence-electron chi connectivity index (χ0n) is 24.1. The number of aryl methyl sites for hydroxylation is 1. The SMILES string of the molecule is C[C@H]1CN(C)CCCN1c1nc(-c2noc([C@@]3(C)CCCc4sc(N)c(C#N)c43)n2)cc(N2CCC3NCCC32)n1. The van der Waals surface area contributed by atoms with Gasteiger partial charge >= 0.3 is 0 Å². The lowest BCUT2D eigenvalue weighted by Crippen LogP contribution is -2.40. The van der Waals surface area contributed by atoms with E-state index in [1.165, 1.54) is 11.3 Å². The summed E-state index contributed by atoms with van der Waals surface area (Å²) in [7, 11) is 2.18. The molecule has 3 aromatic rings. The van der Waals surface area contributed by atoms with Crippen molar-refractivity contribution in [3.63, 3.8) is 0 Å². The van der Waals surface area contributed by atoms with Crippen molar-refractivity contribution in [1.29, 1.82) is 5.26 Å². The van der Waals surface area contributed by atoms with Gasteiger partial charge in [0.2, 0.25) is 17.7 Å². The molecular formula is C29H38N10OS. The van der Waals surface area contributed by atoms with E-state index >= 15 is 0 Å². The van der Waals surface area contributed by atoms with Gasteiger partial charge in [0.25, 0.3) is 0 Å². The van der Waals surface area contributed by atoms with E-state index in [1.807, 2.05) is 6.07 Å². The molecule has 0 spiro atoms. The van der Waals surface area contributed by atoms with E-state index in [1.54, 1.807) is 0 Å². The van der Waals surface area contributed by atoms with Gasteiger partial charge < -0.3 is 30.3 Å². The van der Waals surface area contributed by atoms with Gasteiger partial charge in [-0.1, -0.05) is 5.16 Å². The largest absolute Gasteiger partial charge is 0.389 e. The minimum absolute atomic E-state index is 0.277. The Morgan fingerprint density at radius 1 is 1.17 bits per heavy atom. The molecule has 3 N–H and O–H groups in total. The number of fused-ring (bicyclic) bond motifs is 2. The van der Waals surface area contributed by atoms with Gasteiger partial charge in [0.1, 0.15) is 22.6 Å². The highest BCUT2D eigenvalue weighted by molar-refractivity contribution is 7.16. The second-order valence-corrected chi connectivity index (χ2v) is 13.5. The summed E-state index contributed by atoms with van der Waals surface area (Å²) >= 11 is 1.51. The molecule has 3 saturated heterocycles. The van der Waals surface area contributed by atoms with Crippen molar-refractivity contribution >= 4 is 28.1 Å². The molecule has 0 saturated carbocycles. The Balaban J connectivity index is 1.30. The maximum absolute atomic E-state index is 9.91. The third-order valence-electron chi connectivity index (χ3n) is 9.57. The third kappa shape index (κ3) is 4.45. The Morgan fingerprint density at radius 2 is 2.05 bits per heavy atom. The number of nitriles is 1. The Hall–Kier alpha value is -3.27.